The molecule has 0 radical (unpaired) electrons. The number of hydrogen-bond acceptors (Lipinski definition) is 6. The Morgan fingerprint density at radius 1 is 1.00 bits per heavy atom. The van der Waals surface area contributed by atoms with Crippen molar-refractivity contribution in [1.82, 2.24) is 10.2 Å². The lowest BCUT2D eigenvalue weighted by Gasteiger charge is -2.36. The summed E-state index contributed by atoms with van der Waals surface area (Å²) in [5, 5.41) is 2.62. The summed E-state index contributed by atoms with van der Waals surface area (Å²) in [4.78, 5) is 53.2. The van der Waals surface area contributed by atoms with Gasteiger partial charge in [-0.05, 0) is 36.6 Å². The SMILES string of the molecule is CC(=O)NCC1CN(c2ccc(N3CCN(C(=O)CCCCC(=O)Cc4ccccc4)CC3)c(F)c2)C(=O)O1. The average molecular weight is 539 g/mol. The van der Waals surface area contributed by atoms with E-state index in [9.17, 15) is 19.2 Å². The number of nitrogens with zero attached hydrogens (tertiary/aromatic N) is 3. The van der Waals surface area contributed by atoms with Gasteiger partial charge in [0.1, 0.15) is 17.7 Å². The largest absolute Gasteiger partial charge is 0.442 e. The number of anilines is 2. The number of piperazine rings is 1. The predicted molar refractivity (Wildman–Crippen MR) is 145 cm³/mol. The van der Waals surface area contributed by atoms with Gasteiger partial charge in [0.15, 0.2) is 0 Å². The third kappa shape index (κ3) is 7.78. The fourth-order valence-electron chi connectivity index (χ4n) is 4.88. The number of Topliss-reactive ketones (excluding diaryl/α,β-unsaturated/α-hetero) is 1. The van der Waals surface area contributed by atoms with Crippen LogP contribution in [-0.2, 0) is 25.5 Å². The van der Waals surface area contributed by atoms with Gasteiger partial charge in [-0.3, -0.25) is 19.3 Å². The van der Waals surface area contributed by atoms with Crippen LogP contribution in [0.3, 0.4) is 0 Å². The van der Waals surface area contributed by atoms with Crippen LogP contribution in [-0.4, -0.2) is 74.0 Å². The number of unbranched alkanes of at least 4 members (excludes halogenated alkanes) is 1. The molecule has 2 fully saturated rings. The minimum atomic E-state index is -0.579. The van der Waals surface area contributed by atoms with Gasteiger partial charge in [0.25, 0.3) is 0 Å². The summed E-state index contributed by atoms with van der Waals surface area (Å²) < 4.78 is 20.3. The normalized spacial score (nSPS) is 17.2. The summed E-state index contributed by atoms with van der Waals surface area (Å²) in [7, 11) is 0. The van der Waals surface area contributed by atoms with Crippen LogP contribution in [0.1, 0.15) is 38.2 Å². The minimum absolute atomic E-state index is 0.0577. The second kappa shape index (κ2) is 13.2. The molecule has 3 amide bonds. The van der Waals surface area contributed by atoms with Gasteiger partial charge in [-0.15, -0.1) is 0 Å². The molecule has 0 saturated carbocycles. The number of nitrogens with one attached hydrogen (secondary N) is 1. The summed E-state index contributed by atoms with van der Waals surface area (Å²) >= 11 is 0. The lowest BCUT2D eigenvalue weighted by molar-refractivity contribution is -0.131. The van der Waals surface area contributed by atoms with Crippen LogP contribution in [0.4, 0.5) is 20.6 Å². The van der Waals surface area contributed by atoms with Gasteiger partial charge in [-0.25, -0.2) is 9.18 Å². The predicted octanol–water partition coefficient (Wildman–Crippen LogP) is 3.31. The molecule has 9 nitrogen and oxygen atoms in total. The van der Waals surface area contributed by atoms with Gasteiger partial charge in [0.2, 0.25) is 11.8 Å². The smallest absolute Gasteiger partial charge is 0.414 e. The van der Waals surface area contributed by atoms with Crippen molar-refractivity contribution >= 4 is 35.1 Å². The van der Waals surface area contributed by atoms with E-state index in [0.29, 0.717) is 69.7 Å². The molecule has 2 aromatic carbocycles. The summed E-state index contributed by atoms with van der Waals surface area (Å²) in [6.07, 6.45) is 1.57. The first-order valence-corrected chi connectivity index (χ1v) is 13.4. The first kappa shape index (κ1) is 28.1. The molecule has 1 N–H and O–H groups in total. The summed E-state index contributed by atoms with van der Waals surface area (Å²) in [6.45, 7) is 3.81. The Labute approximate surface area is 227 Å². The lowest BCUT2D eigenvalue weighted by Crippen LogP contribution is -2.49. The topological polar surface area (TPSA) is 99.3 Å². The van der Waals surface area contributed by atoms with Crippen LogP contribution in [0.2, 0.25) is 0 Å². The first-order chi connectivity index (χ1) is 18.8. The molecule has 2 heterocycles. The van der Waals surface area contributed by atoms with E-state index in [2.05, 4.69) is 5.32 Å². The summed E-state index contributed by atoms with van der Waals surface area (Å²) in [6, 6.07) is 14.3. The number of carbonyl (C=O) groups is 4. The Morgan fingerprint density at radius 3 is 2.41 bits per heavy atom. The van der Waals surface area contributed by atoms with E-state index < -0.39 is 18.0 Å². The number of carbonyl (C=O) groups excluding carboxylic acids is 4. The van der Waals surface area contributed by atoms with Crippen molar-refractivity contribution in [3.8, 4) is 0 Å². The monoisotopic (exact) mass is 538 g/mol. The van der Waals surface area contributed by atoms with E-state index in [4.69, 9.17) is 4.74 Å². The fraction of sp³-hybridized carbons (Fsp3) is 0.448. The average Bonchev–Trinajstić information content (AvgIpc) is 3.31. The zero-order chi connectivity index (χ0) is 27.8. The highest BCUT2D eigenvalue weighted by Gasteiger charge is 2.33. The molecule has 39 heavy (non-hydrogen) atoms. The molecule has 10 heteroatoms. The van der Waals surface area contributed by atoms with Crippen LogP contribution >= 0.6 is 0 Å². The maximum atomic E-state index is 15.0. The molecule has 0 bridgehead atoms. The number of rotatable bonds is 11. The zero-order valence-corrected chi connectivity index (χ0v) is 22.2. The molecule has 0 spiro atoms. The van der Waals surface area contributed by atoms with Crippen molar-refractivity contribution in [2.75, 3.05) is 49.1 Å². The fourth-order valence-corrected chi connectivity index (χ4v) is 4.88. The van der Waals surface area contributed by atoms with E-state index in [1.165, 1.54) is 17.9 Å². The molecular formula is C29H35FN4O5. The van der Waals surface area contributed by atoms with Crippen molar-refractivity contribution in [3.05, 3.63) is 59.9 Å². The second-order valence-electron chi connectivity index (χ2n) is 9.97. The van der Waals surface area contributed by atoms with Crippen LogP contribution in [0.25, 0.3) is 0 Å². The Morgan fingerprint density at radius 2 is 1.72 bits per heavy atom. The Hall–Kier alpha value is -3.95. The van der Waals surface area contributed by atoms with Crippen LogP contribution in [0.5, 0.6) is 0 Å². The van der Waals surface area contributed by atoms with E-state index in [1.807, 2.05) is 35.2 Å². The maximum Gasteiger partial charge on any atom is 0.414 e. The quantitative estimate of drug-likeness (QED) is 0.441. The Balaban J connectivity index is 1.19. The molecular weight excluding hydrogens is 503 g/mol. The molecule has 2 aliphatic heterocycles. The summed E-state index contributed by atoms with van der Waals surface area (Å²) in [5.41, 5.74) is 1.82. The molecule has 208 valence electrons. The highest BCUT2D eigenvalue weighted by atomic mass is 19.1. The standard InChI is InChI=1S/C29H35FN4O5/c1-21(35)31-19-25-20-34(29(38)39-25)23-11-12-27(26(30)18-23)32-13-15-33(16-14-32)28(37)10-6-5-9-24(36)17-22-7-3-2-4-8-22/h2-4,7-8,11-12,18,25H,5-6,9-10,13-17,19-20H2,1H3,(H,31,35). The third-order valence-corrected chi connectivity index (χ3v) is 7.01. The molecule has 2 aliphatic rings. The van der Waals surface area contributed by atoms with E-state index >= 15 is 4.39 Å². The first-order valence-electron chi connectivity index (χ1n) is 13.4. The summed E-state index contributed by atoms with van der Waals surface area (Å²) in [5.74, 6) is -0.428. The molecule has 0 aliphatic carbocycles. The van der Waals surface area contributed by atoms with Crippen molar-refractivity contribution in [2.24, 2.45) is 0 Å². The van der Waals surface area contributed by atoms with E-state index in [1.54, 1.807) is 17.0 Å². The number of ether oxygens (including phenoxy) is 1. The molecule has 0 aromatic heterocycles. The van der Waals surface area contributed by atoms with Gasteiger partial charge >= 0.3 is 6.09 Å². The zero-order valence-electron chi connectivity index (χ0n) is 22.2. The van der Waals surface area contributed by atoms with Gasteiger partial charge in [-0.1, -0.05) is 30.3 Å². The van der Waals surface area contributed by atoms with Gasteiger partial charge < -0.3 is 19.9 Å². The highest BCUT2D eigenvalue weighted by Crippen LogP contribution is 2.28. The molecule has 2 aromatic rings. The Bertz CT molecular complexity index is 1180. The van der Waals surface area contributed by atoms with Gasteiger partial charge in [0.05, 0.1) is 24.5 Å². The third-order valence-electron chi connectivity index (χ3n) is 7.01. The van der Waals surface area contributed by atoms with E-state index in [-0.39, 0.29) is 30.7 Å². The number of ketones is 1. The second-order valence-corrected chi connectivity index (χ2v) is 9.97. The maximum absolute atomic E-state index is 15.0. The minimum Gasteiger partial charge on any atom is -0.442 e. The van der Waals surface area contributed by atoms with Crippen molar-refractivity contribution in [3.63, 3.8) is 0 Å². The van der Waals surface area contributed by atoms with E-state index in [0.717, 1.165) is 5.56 Å². The number of hydrogen-bond donors (Lipinski definition) is 1. The van der Waals surface area contributed by atoms with Crippen molar-refractivity contribution in [2.45, 2.75) is 45.1 Å². The molecule has 1 atom stereocenters. The highest BCUT2D eigenvalue weighted by molar-refractivity contribution is 5.90. The van der Waals surface area contributed by atoms with Crippen molar-refractivity contribution < 1.29 is 28.3 Å². The molecule has 4 rings (SSSR count). The van der Waals surface area contributed by atoms with Gasteiger partial charge in [-0.2, -0.15) is 0 Å². The number of halogens is 1. The Kier molecular flexibility index (Phi) is 9.51. The number of amides is 3. The molecule has 2 saturated heterocycles. The van der Waals surface area contributed by atoms with Gasteiger partial charge in [0, 0.05) is 52.4 Å². The van der Waals surface area contributed by atoms with Crippen LogP contribution in [0.15, 0.2) is 48.5 Å². The van der Waals surface area contributed by atoms with Crippen LogP contribution < -0.4 is 15.1 Å². The lowest BCUT2D eigenvalue weighted by atomic mass is 10.0. The number of cyclic esters (lactones) is 1. The van der Waals surface area contributed by atoms with Crippen molar-refractivity contribution in [1.29, 1.82) is 0 Å². The van der Waals surface area contributed by atoms with Crippen LogP contribution in [0, 0.1) is 5.82 Å². The number of benzene rings is 2. The molecule has 1 unspecified atom stereocenters.